The Hall–Kier alpha value is -2.19. The molecule has 1 aromatic carbocycles. The number of ether oxygens (including phenoxy) is 1. The van der Waals surface area contributed by atoms with E-state index in [0.717, 1.165) is 28.4 Å². The van der Waals surface area contributed by atoms with Crippen LogP contribution in [0.1, 0.15) is 41.6 Å². The van der Waals surface area contributed by atoms with Crippen molar-refractivity contribution in [3.05, 3.63) is 45.9 Å². The molecule has 22 heavy (non-hydrogen) atoms. The third-order valence-electron chi connectivity index (χ3n) is 3.34. The molecule has 0 saturated heterocycles. The Morgan fingerprint density at radius 2 is 2.14 bits per heavy atom. The molecule has 0 aliphatic heterocycles. The maximum Gasteiger partial charge on any atom is 0.133 e. The van der Waals surface area contributed by atoms with Crippen molar-refractivity contribution in [1.82, 2.24) is 4.98 Å². The Kier molecular flexibility index (Phi) is 5.68. The van der Waals surface area contributed by atoms with Gasteiger partial charge in [0.05, 0.1) is 19.2 Å². The molecule has 0 spiro atoms. The zero-order valence-corrected chi connectivity index (χ0v) is 13.8. The highest BCUT2D eigenvalue weighted by Gasteiger charge is 2.13. The van der Waals surface area contributed by atoms with E-state index in [1.54, 1.807) is 13.3 Å². The molecule has 0 fully saturated rings. The van der Waals surface area contributed by atoms with Gasteiger partial charge in [0.25, 0.3) is 0 Å². The van der Waals surface area contributed by atoms with Gasteiger partial charge in [0.1, 0.15) is 16.7 Å². The third kappa shape index (κ3) is 3.92. The van der Waals surface area contributed by atoms with Crippen LogP contribution in [0.2, 0.25) is 0 Å². The van der Waals surface area contributed by atoms with Crippen LogP contribution in [-0.2, 0) is 0 Å². The van der Waals surface area contributed by atoms with Crippen molar-refractivity contribution in [1.29, 1.82) is 5.26 Å². The smallest absolute Gasteiger partial charge is 0.133 e. The summed E-state index contributed by atoms with van der Waals surface area (Å²) in [5.41, 5.74) is 2.06. The van der Waals surface area contributed by atoms with Gasteiger partial charge in [-0.15, -0.1) is 11.3 Å². The minimum atomic E-state index is -0.383. The van der Waals surface area contributed by atoms with E-state index < -0.39 is 0 Å². The average Bonchev–Trinajstić information content (AvgIpc) is 2.98. The van der Waals surface area contributed by atoms with Crippen molar-refractivity contribution < 1.29 is 4.74 Å². The lowest BCUT2D eigenvalue weighted by Crippen LogP contribution is -2.00. The van der Waals surface area contributed by atoms with Gasteiger partial charge in [-0.25, -0.2) is 4.98 Å². The first-order chi connectivity index (χ1) is 10.7. The van der Waals surface area contributed by atoms with Gasteiger partial charge in [0, 0.05) is 17.3 Å². The number of hydrogen-bond donors (Lipinski definition) is 0. The van der Waals surface area contributed by atoms with Crippen LogP contribution in [-0.4, -0.2) is 18.3 Å². The van der Waals surface area contributed by atoms with Crippen LogP contribution < -0.4 is 4.74 Å². The largest absolute Gasteiger partial charge is 0.497 e. The van der Waals surface area contributed by atoms with E-state index >= 15 is 0 Å². The second-order valence-electron chi connectivity index (χ2n) is 4.93. The van der Waals surface area contributed by atoms with Crippen molar-refractivity contribution in [2.45, 2.75) is 32.2 Å². The van der Waals surface area contributed by atoms with Crippen LogP contribution in [0.15, 0.2) is 34.6 Å². The van der Waals surface area contributed by atoms with Crippen LogP contribution >= 0.6 is 11.3 Å². The molecule has 2 atom stereocenters. The minimum absolute atomic E-state index is 0.0443. The molecule has 2 aromatic rings. The Bertz CT molecular complexity index is 670. The molecule has 0 aliphatic carbocycles. The lowest BCUT2D eigenvalue weighted by Gasteiger charge is -2.11. The lowest BCUT2D eigenvalue weighted by atomic mass is 10.0. The summed E-state index contributed by atoms with van der Waals surface area (Å²) in [7, 11) is 1.65. The van der Waals surface area contributed by atoms with Crippen LogP contribution in [0.3, 0.4) is 0 Å². The van der Waals surface area contributed by atoms with E-state index in [1.165, 1.54) is 11.3 Å². The molecule has 114 valence electrons. The number of benzene rings is 1. The topological polar surface area (TPSA) is 58.3 Å². The summed E-state index contributed by atoms with van der Waals surface area (Å²) >= 11 is 1.50. The molecule has 0 bridgehead atoms. The number of aliphatic imine (C=N–C) groups is 1. The average molecular weight is 313 g/mol. The molecule has 1 aromatic heterocycles. The number of methoxy groups -OCH3 is 1. The summed E-state index contributed by atoms with van der Waals surface area (Å²) in [6.07, 6.45) is 2.59. The highest BCUT2D eigenvalue weighted by molar-refractivity contribution is 7.09. The maximum atomic E-state index is 9.32. The summed E-state index contributed by atoms with van der Waals surface area (Å²) < 4.78 is 5.17. The van der Waals surface area contributed by atoms with Crippen molar-refractivity contribution in [2.75, 3.05) is 7.11 Å². The summed E-state index contributed by atoms with van der Waals surface area (Å²) in [4.78, 5) is 8.97. The first-order valence-electron chi connectivity index (χ1n) is 7.16. The van der Waals surface area contributed by atoms with E-state index in [-0.39, 0.29) is 12.0 Å². The Balaban J connectivity index is 2.15. The molecule has 1 unspecified atom stereocenters. The van der Waals surface area contributed by atoms with Gasteiger partial charge in [0.15, 0.2) is 0 Å². The zero-order valence-electron chi connectivity index (χ0n) is 13.0. The molecule has 5 heteroatoms. The number of rotatable bonds is 6. The monoisotopic (exact) mass is 313 g/mol. The molecular weight excluding hydrogens is 294 g/mol. The van der Waals surface area contributed by atoms with E-state index in [2.05, 4.69) is 23.0 Å². The minimum Gasteiger partial charge on any atom is -0.497 e. The van der Waals surface area contributed by atoms with Crippen molar-refractivity contribution in [3.63, 3.8) is 0 Å². The lowest BCUT2D eigenvalue weighted by molar-refractivity contribution is 0.414. The van der Waals surface area contributed by atoms with Crippen molar-refractivity contribution >= 4 is 17.6 Å². The molecule has 0 N–H and O–H groups in total. The number of nitriles is 1. The van der Waals surface area contributed by atoms with Crippen LogP contribution in [0.25, 0.3) is 0 Å². The van der Waals surface area contributed by atoms with E-state index in [4.69, 9.17) is 4.74 Å². The molecule has 0 radical (unpaired) electrons. The molecule has 0 amide bonds. The molecular formula is C17H19N3OS. The third-order valence-corrected chi connectivity index (χ3v) is 4.39. The summed E-state index contributed by atoms with van der Waals surface area (Å²) in [5, 5.41) is 12.1. The number of aryl methyl sites for hydroxylation is 1. The Morgan fingerprint density at radius 1 is 1.41 bits per heavy atom. The van der Waals surface area contributed by atoms with Crippen LogP contribution in [0.4, 0.5) is 0 Å². The van der Waals surface area contributed by atoms with Gasteiger partial charge in [-0.3, -0.25) is 4.99 Å². The number of thiazole rings is 1. The second kappa shape index (κ2) is 7.71. The maximum absolute atomic E-state index is 9.32. The highest BCUT2D eigenvalue weighted by atomic mass is 32.1. The van der Waals surface area contributed by atoms with Gasteiger partial charge >= 0.3 is 0 Å². The van der Waals surface area contributed by atoms with E-state index in [0.29, 0.717) is 0 Å². The molecule has 0 saturated carbocycles. The highest BCUT2D eigenvalue weighted by Crippen LogP contribution is 2.25. The predicted molar refractivity (Wildman–Crippen MR) is 89.7 cm³/mol. The summed E-state index contributed by atoms with van der Waals surface area (Å²) in [6.45, 7) is 4.01. The number of hydrogen-bond acceptors (Lipinski definition) is 5. The van der Waals surface area contributed by atoms with Gasteiger partial charge in [-0.1, -0.05) is 19.1 Å². The molecule has 4 nitrogen and oxygen atoms in total. The Labute approximate surface area is 135 Å². The molecule has 1 heterocycles. The summed E-state index contributed by atoms with van der Waals surface area (Å²) in [5.74, 6) is 0.446. The standard InChI is InChI=1S/C17H19N3OS/c1-4-16(13-5-7-15(21-3)8-6-13)19-10-14(9-18)17-20-12(2)11-22-17/h5-8,10-11,14,16H,4H2,1-3H3/t14?,16-/m0/s1. The van der Waals surface area contributed by atoms with Gasteiger partial charge < -0.3 is 4.74 Å². The van der Waals surface area contributed by atoms with Crippen molar-refractivity contribution in [3.8, 4) is 11.8 Å². The van der Waals surface area contributed by atoms with Gasteiger partial charge in [-0.2, -0.15) is 5.26 Å². The summed E-state index contributed by atoms with van der Waals surface area (Å²) in [6, 6.07) is 10.2. The van der Waals surface area contributed by atoms with Gasteiger partial charge in [0.2, 0.25) is 0 Å². The first-order valence-corrected chi connectivity index (χ1v) is 8.04. The fraction of sp³-hybridized carbons (Fsp3) is 0.353. The fourth-order valence-corrected chi connectivity index (χ4v) is 2.91. The fourth-order valence-electron chi connectivity index (χ4n) is 2.11. The van der Waals surface area contributed by atoms with Crippen LogP contribution in [0.5, 0.6) is 5.75 Å². The van der Waals surface area contributed by atoms with E-state index in [1.807, 2.05) is 36.6 Å². The van der Waals surface area contributed by atoms with E-state index in [9.17, 15) is 5.26 Å². The number of aromatic nitrogens is 1. The Morgan fingerprint density at radius 3 is 2.64 bits per heavy atom. The van der Waals surface area contributed by atoms with Crippen LogP contribution in [0, 0.1) is 18.3 Å². The number of nitrogens with zero attached hydrogens (tertiary/aromatic N) is 3. The van der Waals surface area contributed by atoms with Gasteiger partial charge in [-0.05, 0) is 31.0 Å². The molecule has 0 aliphatic rings. The zero-order chi connectivity index (χ0) is 15.9. The normalized spacial score (nSPS) is 13.7. The molecule has 2 rings (SSSR count). The first kappa shape index (κ1) is 16.2. The second-order valence-corrected chi connectivity index (χ2v) is 5.82. The predicted octanol–water partition coefficient (Wildman–Crippen LogP) is 4.29. The van der Waals surface area contributed by atoms with Crippen molar-refractivity contribution in [2.24, 2.45) is 4.99 Å². The quantitative estimate of drug-likeness (QED) is 0.747. The SMILES string of the molecule is CC[C@H](N=CC(C#N)c1nc(C)cs1)c1ccc(OC)cc1.